The van der Waals surface area contributed by atoms with E-state index in [0.717, 1.165) is 35.0 Å². The molecule has 0 aliphatic carbocycles. The maximum Gasteiger partial charge on any atom is 0.300 e. The fourth-order valence-electron chi connectivity index (χ4n) is 2.96. The first-order valence-corrected chi connectivity index (χ1v) is 9.32. The lowest BCUT2D eigenvalue weighted by Crippen LogP contribution is -2.10. The van der Waals surface area contributed by atoms with E-state index in [0.29, 0.717) is 11.1 Å². The van der Waals surface area contributed by atoms with Crippen LogP contribution in [-0.2, 0) is 4.79 Å². The second-order valence-corrected chi connectivity index (χ2v) is 6.81. The molecule has 2 aromatic carbocycles. The van der Waals surface area contributed by atoms with Crippen LogP contribution in [0.15, 0.2) is 73.1 Å². The number of carbonyl (C=O) groups is 1. The quantitative estimate of drug-likeness (QED) is 0.256. The number of fused-ring (bicyclic) bond motifs is 1. The molecule has 0 aliphatic rings. The van der Waals surface area contributed by atoms with Crippen LogP contribution in [0.1, 0.15) is 18.1 Å². The highest BCUT2D eigenvalue weighted by molar-refractivity contribution is 5.95. The number of hydrogen-bond donors (Lipinski definition) is 5. The number of amidine groups is 2. The minimum atomic E-state index is -0.833. The lowest BCUT2D eigenvalue weighted by Gasteiger charge is -2.04. The number of carboxylic acid groups (broad SMARTS) is 1. The van der Waals surface area contributed by atoms with E-state index in [9.17, 15) is 0 Å². The van der Waals surface area contributed by atoms with Crippen LogP contribution < -0.4 is 11.5 Å². The maximum absolute atomic E-state index is 9.00. The Morgan fingerprint density at radius 1 is 0.806 bits per heavy atom. The fraction of sp³-hybridized carbons (Fsp3) is 0.0435. The SMILES string of the molecule is CC(=O)O.N=C(N)c1ccc(-c2ccc3nc(-c4ccc(C(=N)N)cc4)cn3c2)cc1. The number of rotatable bonds is 4. The Morgan fingerprint density at radius 2 is 1.26 bits per heavy atom. The predicted molar refractivity (Wildman–Crippen MR) is 121 cm³/mol. The fourth-order valence-corrected chi connectivity index (χ4v) is 2.96. The highest BCUT2D eigenvalue weighted by Crippen LogP contribution is 2.24. The summed E-state index contributed by atoms with van der Waals surface area (Å²) >= 11 is 0. The molecule has 8 heteroatoms. The van der Waals surface area contributed by atoms with Crippen LogP contribution in [-0.4, -0.2) is 32.1 Å². The monoisotopic (exact) mass is 414 g/mol. The van der Waals surface area contributed by atoms with E-state index in [1.54, 1.807) is 0 Å². The Balaban J connectivity index is 0.000000628. The van der Waals surface area contributed by atoms with Crippen molar-refractivity contribution in [3.8, 4) is 22.4 Å². The first kappa shape index (κ1) is 21.3. The Labute approximate surface area is 178 Å². The number of nitrogens with zero attached hydrogens (tertiary/aromatic N) is 2. The zero-order chi connectivity index (χ0) is 22.5. The average molecular weight is 414 g/mol. The van der Waals surface area contributed by atoms with Crippen LogP contribution >= 0.6 is 0 Å². The van der Waals surface area contributed by atoms with Crippen molar-refractivity contribution >= 4 is 23.3 Å². The van der Waals surface area contributed by atoms with Crippen molar-refractivity contribution in [2.75, 3.05) is 0 Å². The maximum atomic E-state index is 9.00. The van der Waals surface area contributed by atoms with Gasteiger partial charge in [-0.3, -0.25) is 15.6 Å². The standard InChI is InChI=1S/C21H18N6.C2H4O2/c22-20(23)15-5-1-13(2-6-15)17-9-10-19-26-18(12-27(19)11-17)14-3-7-16(8-4-14)21(24)25;1-2(3)4/h1-12H,(H3,22,23)(H3,24,25);1H3,(H,3,4). The number of nitrogens with one attached hydrogen (secondary N) is 2. The van der Waals surface area contributed by atoms with Crippen molar-refractivity contribution in [1.29, 1.82) is 10.8 Å². The third-order valence-corrected chi connectivity index (χ3v) is 4.47. The van der Waals surface area contributed by atoms with Crippen LogP contribution in [0.25, 0.3) is 28.0 Å². The second-order valence-electron chi connectivity index (χ2n) is 6.81. The van der Waals surface area contributed by atoms with Crippen molar-refractivity contribution in [2.45, 2.75) is 6.92 Å². The molecule has 4 aromatic rings. The van der Waals surface area contributed by atoms with E-state index in [1.807, 2.05) is 77.5 Å². The highest BCUT2D eigenvalue weighted by atomic mass is 16.4. The number of aliphatic carboxylic acids is 1. The predicted octanol–water partition coefficient (Wildman–Crippen LogP) is 3.33. The lowest BCUT2D eigenvalue weighted by atomic mass is 10.1. The number of nitrogens with two attached hydrogens (primary N) is 2. The zero-order valence-corrected chi connectivity index (χ0v) is 16.8. The van der Waals surface area contributed by atoms with Crippen LogP contribution in [0.4, 0.5) is 0 Å². The molecule has 0 saturated carbocycles. The number of hydrogen-bond acceptors (Lipinski definition) is 4. The first-order chi connectivity index (χ1) is 14.7. The van der Waals surface area contributed by atoms with Gasteiger partial charge in [-0.05, 0) is 23.3 Å². The van der Waals surface area contributed by atoms with E-state index in [1.165, 1.54) is 0 Å². The number of carboxylic acids is 1. The minimum absolute atomic E-state index is 0.0528. The molecular weight excluding hydrogens is 392 g/mol. The molecular formula is C23H22N6O2. The van der Waals surface area contributed by atoms with Crippen molar-refractivity contribution in [2.24, 2.45) is 11.5 Å². The lowest BCUT2D eigenvalue weighted by molar-refractivity contribution is -0.134. The van der Waals surface area contributed by atoms with Crippen LogP contribution in [0.5, 0.6) is 0 Å². The van der Waals surface area contributed by atoms with Gasteiger partial charge in [0, 0.05) is 36.0 Å². The summed E-state index contributed by atoms with van der Waals surface area (Å²) in [6.07, 6.45) is 4.00. The molecule has 31 heavy (non-hydrogen) atoms. The molecule has 2 heterocycles. The number of aromatic nitrogens is 2. The number of benzene rings is 2. The Kier molecular flexibility index (Phi) is 6.11. The topological polar surface area (TPSA) is 154 Å². The third kappa shape index (κ3) is 5.13. The van der Waals surface area contributed by atoms with Crippen LogP contribution in [0.3, 0.4) is 0 Å². The van der Waals surface area contributed by atoms with Gasteiger partial charge in [-0.25, -0.2) is 4.98 Å². The van der Waals surface area contributed by atoms with Gasteiger partial charge in [-0.15, -0.1) is 0 Å². The van der Waals surface area contributed by atoms with Gasteiger partial charge in [0.25, 0.3) is 5.97 Å². The second kappa shape index (κ2) is 8.91. The minimum Gasteiger partial charge on any atom is -0.481 e. The van der Waals surface area contributed by atoms with E-state index in [2.05, 4.69) is 4.98 Å². The molecule has 0 aliphatic heterocycles. The summed E-state index contributed by atoms with van der Waals surface area (Å²) in [6.45, 7) is 1.08. The van der Waals surface area contributed by atoms with E-state index in [-0.39, 0.29) is 11.7 Å². The van der Waals surface area contributed by atoms with Gasteiger partial charge < -0.3 is 21.0 Å². The van der Waals surface area contributed by atoms with Gasteiger partial charge >= 0.3 is 0 Å². The van der Waals surface area contributed by atoms with Crippen molar-refractivity contribution in [1.82, 2.24) is 9.38 Å². The van der Waals surface area contributed by atoms with Crippen molar-refractivity contribution in [3.05, 3.63) is 84.2 Å². The Hall–Kier alpha value is -4.46. The summed E-state index contributed by atoms with van der Waals surface area (Å²) in [5.74, 6) is -0.718. The Morgan fingerprint density at radius 3 is 1.74 bits per heavy atom. The molecule has 0 unspecified atom stereocenters. The number of pyridine rings is 1. The van der Waals surface area contributed by atoms with Crippen molar-refractivity contribution in [3.63, 3.8) is 0 Å². The molecule has 4 rings (SSSR count). The Bertz CT molecular complexity index is 1200. The summed E-state index contributed by atoms with van der Waals surface area (Å²) in [6, 6.07) is 19.1. The number of imidazole rings is 1. The van der Waals surface area contributed by atoms with Gasteiger partial charge in [-0.1, -0.05) is 48.5 Å². The van der Waals surface area contributed by atoms with Crippen molar-refractivity contribution < 1.29 is 9.90 Å². The molecule has 8 nitrogen and oxygen atoms in total. The molecule has 7 N–H and O–H groups in total. The van der Waals surface area contributed by atoms with E-state index in [4.69, 9.17) is 32.2 Å². The smallest absolute Gasteiger partial charge is 0.300 e. The first-order valence-electron chi connectivity index (χ1n) is 9.32. The molecule has 2 aromatic heterocycles. The molecule has 0 radical (unpaired) electrons. The zero-order valence-electron chi connectivity index (χ0n) is 16.8. The van der Waals surface area contributed by atoms with Gasteiger partial charge in [0.15, 0.2) is 0 Å². The molecule has 0 saturated heterocycles. The third-order valence-electron chi connectivity index (χ3n) is 4.47. The van der Waals surface area contributed by atoms with E-state index < -0.39 is 5.97 Å². The number of nitrogen functional groups attached to an aromatic ring is 2. The van der Waals surface area contributed by atoms with Gasteiger partial charge in [-0.2, -0.15) is 0 Å². The van der Waals surface area contributed by atoms with Crippen LogP contribution in [0, 0.1) is 10.8 Å². The highest BCUT2D eigenvalue weighted by Gasteiger charge is 2.07. The van der Waals surface area contributed by atoms with Gasteiger partial charge in [0.2, 0.25) is 0 Å². The summed E-state index contributed by atoms with van der Waals surface area (Å²) in [5, 5.41) is 22.4. The molecule has 0 bridgehead atoms. The van der Waals surface area contributed by atoms with Gasteiger partial charge in [0.1, 0.15) is 17.3 Å². The van der Waals surface area contributed by atoms with E-state index >= 15 is 0 Å². The molecule has 0 amide bonds. The normalized spacial score (nSPS) is 10.2. The summed E-state index contributed by atoms with van der Waals surface area (Å²) in [4.78, 5) is 13.7. The molecule has 156 valence electrons. The molecule has 0 spiro atoms. The largest absolute Gasteiger partial charge is 0.481 e. The van der Waals surface area contributed by atoms with Gasteiger partial charge in [0.05, 0.1) is 5.69 Å². The summed E-state index contributed by atoms with van der Waals surface area (Å²) in [5.41, 5.74) is 17.2. The summed E-state index contributed by atoms with van der Waals surface area (Å²) in [7, 11) is 0. The average Bonchev–Trinajstić information content (AvgIpc) is 3.17. The molecule has 0 atom stereocenters. The molecule has 0 fully saturated rings. The van der Waals surface area contributed by atoms with Crippen LogP contribution in [0.2, 0.25) is 0 Å². The summed E-state index contributed by atoms with van der Waals surface area (Å²) < 4.78 is 1.99.